The fourth-order valence-electron chi connectivity index (χ4n) is 3.20. The second kappa shape index (κ2) is 7.76. The number of nitrogens with zero attached hydrogens (tertiary/aromatic N) is 2. The lowest BCUT2D eigenvalue weighted by Gasteiger charge is -2.22. The Bertz CT molecular complexity index is 931. The van der Waals surface area contributed by atoms with Crippen LogP contribution in [0.25, 0.3) is 10.2 Å². The van der Waals surface area contributed by atoms with Gasteiger partial charge >= 0.3 is 0 Å². The van der Waals surface area contributed by atoms with Gasteiger partial charge in [-0.25, -0.2) is 4.98 Å². The summed E-state index contributed by atoms with van der Waals surface area (Å²) >= 11 is 6.48. The van der Waals surface area contributed by atoms with Crippen LogP contribution in [0.15, 0.2) is 34.1 Å². The van der Waals surface area contributed by atoms with Gasteiger partial charge in [0, 0.05) is 6.61 Å². The Morgan fingerprint density at radius 3 is 2.92 bits per heavy atom. The van der Waals surface area contributed by atoms with Crippen LogP contribution in [-0.2, 0) is 11.2 Å². The number of benzene rings is 1. The van der Waals surface area contributed by atoms with Crippen LogP contribution >= 0.6 is 38.6 Å². The molecule has 0 N–H and O–H groups in total. The summed E-state index contributed by atoms with van der Waals surface area (Å²) in [6.45, 7) is 3.46. The van der Waals surface area contributed by atoms with Crippen molar-refractivity contribution in [1.29, 1.82) is 0 Å². The number of amides is 1. The minimum Gasteiger partial charge on any atom is -0.376 e. The summed E-state index contributed by atoms with van der Waals surface area (Å²) in [6.07, 6.45) is 3.05. The smallest absolute Gasteiger partial charge is 0.270 e. The van der Waals surface area contributed by atoms with E-state index in [1.807, 2.05) is 12.1 Å². The van der Waals surface area contributed by atoms with Crippen molar-refractivity contribution < 1.29 is 9.53 Å². The molecule has 0 bridgehead atoms. The number of thiazole rings is 1. The second-order valence-electron chi connectivity index (χ2n) is 6.27. The predicted molar refractivity (Wildman–Crippen MR) is 112 cm³/mol. The van der Waals surface area contributed by atoms with E-state index in [1.54, 1.807) is 16.2 Å². The average Bonchev–Trinajstić information content (AvgIpc) is 3.38. The fraction of sp³-hybridized carbons (Fsp3) is 0.368. The maximum Gasteiger partial charge on any atom is 0.270 e. The number of ether oxygens (including phenoxy) is 1. The molecule has 0 spiro atoms. The van der Waals surface area contributed by atoms with Crippen LogP contribution in [0.2, 0.25) is 0 Å². The zero-order valence-electron chi connectivity index (χ0n) is 14.4. The lowest BCUT2D eigenvalue weighted by molar-refractivity contribution is 0.0920. The number of para-hydroxylation sites is 1. The third-order valence-corrected chi connectivity index (χ3v) is 7.20. The molecule has 26 heavy (non-hydrogen) atoms. The van der Waals surface area contributed by atoms with Gasteiger partial charge < -0.3 is 4.74 Å². The summed E-state index contributed by atoms with van der Waals surface area (Å²) in [5, 5.41) is 0.755. The van der Waals surface area contributed by atoms with Gasteiger partial charge in [-0.15, -0.1) is 11.3 Å². The van der Waals surface area contributed by atoms with E-state index < -0.39 is 0 Å². The maximum absolute atomic E-state index is 13.2. The van der Waals surface area contributed by atoms with Crippen LogP contribution < -0.4 is 4.90 Å². The molecule has 1 aliphatic heterocycles. The monoisotopic (exact) mass is 450 g/mol. The first-order valence-electron chi connectivity index (χ1n) is 8.73. The largest absolute Gasteiger partial charge is 0.376 e. The molecule has 1 aromatic carbocycles. The minimum atomic E-state index is -0.00620. The van der Waals surface area contributed by atoms with E-state index in [2.05, 4.69) is 41.1 Å². The standard InChI is InChI=1S/C19H19BrN2O2S2/c1-2-12-5-3-7-14-17(12)21-19(26-14)22(11-13-6-4-10-24-13)18(23)15-8-9-16(20)25-15/h3,5,7-9,13H,2,4,6,10-11H2,1H3. The van der Waals surface area contributed by atoms with Crippen LogP contribution in [0.3, 0.4) is 0 Å². The molecule has 1 atom stereocenters. The van der Waals surface area contributed by atoms with Crippen LogP contribution in [-0.4, -0.2) is 30.1 Å². The number of rotatable bonds is 5. The lowest BCUT2D eigenvalue weighted by atomic mass is 10.1. The highest BCUT2D eigenvalue weighted by atomic mass is 79.9. The van der Waals surface area contributed by atoms with E-state index in [4.69, 9.17) is 9.72 Å². The topological polar surface area (TPSA) is 42.4 Å². The van der Waals surface area contributed by atoms with E-state index >= 15 is 0 Å². The number of anilines is 1. The first kappa shape index (κ1) is 18.1. The van der Waals surface area contributed by atoms with Gasteiger partial charge in [0.2, 0.25) is 0 Å². The highest BCUT2D eigenvalue weighted by Gasteiger charge is 2.28. The van der Waals surface area contributed by atoms with Crippen LogP contribution in [0, 0.1) is 0 Å². The Balaban J connectivity index is 1.73. The Morgan fingerprint density at radius 1 is 1.35 bits per heavy atom. The zero-order valence-corrected chi connectivity index (χ0v) is 17.6. The molecule has 4 nitrogen and oxygen atoms in total. The number of thiophene rings is 1. The second-order valence-corrected chi connectivity index (χ2v) is 9.74. The van der Waals surface area contributed by atoms with Crippen molar-refractivity contribution in [3.8, 4) is 0 Å². The molecule has 1 unspecified atom stereocenters. The summed E-state index contributed by atoms with van der Waals surface area (Å²) in [7, 11) is 0. The third kappa shape index (κ3) is 3.58. The average molecular weight is 451 g/mol. The van der Waals surface area contributed by atoms with Crippen LogP contribution in [0.4, 0.5) is 5.13 Å². The van der Waals surface area contributed by atoms with Crippen molar-refractivity contribution in [3.63, 3.8) is 0 Å². The first-order chi connectivity index (χ1) is 12.7. The van der Waals surface area contributed by atoms with Crippen molar-refractivity contribution in [2.24, 2.45) is 0 Å². The molecule has 7 heteroatoms. The summed E-state index contributed by atoms with van der Waals surface area (Å²) in [5.74, 6) is -0.00620. The minimum absolute atomic E-state index is 0.00620. The molecule has 0 aliphatic carbocycles. The van der Waals surface area contributed by atoms with Crippen molar-refractivity contribution in [2.45, 2.75) is 32.3 Å². The summed E-state index contributed by atoms with van der Waals surface area (Å²) in [4.78, 5) is 20.6. The summed E-state index contributed by atoms with van der Waals surface area (Å²) in [6, 6.07) is 10.0. The van der Waals surface area contributed by atoms with E-state index in [0.29, 0.717) is 11.4 Å². The van der Waals surface area contributed by atoms with Gasteiger partial charge in [0.25, 0.3) is 5.91 Å². The van der Waals surface area contributed by atoms with Gasteiger partial charge in [0.05, 0.1) is 31.5 Å². The molecule has 3 heterocycles. The van der Waals surface area contributed by atoms with Crippen molar-refractivity contribution in [3.05, 3.63) is 44.6 Å². The van der Waals surface area contributed by atoms with Gasteiger partial charge in [-0.1, -0.05) is 30.4 Å². The van der Waals surface area contributed by atoms with Crippen LogP contribution in [0.1, 0.15) is 35.0 Å². The molecule has 4 rings (SSSR count). The van der Waals surface area contributed by atoms with E-state index in [-0.39, 0.29) is 12.0 Å². The van der Waals surface area contributed by atoms with Crippen molar-refractivity contribution >= 4 is 59.9 Å². The normalized spacial score (nSPS) is 17.1. The first-order valence-corrected chi connectivity index (χ1v) is 11.2. The molecule has 2 aromatic heterocycles. The van der Waals surface area contributed by atoms with E-state index in [0.717, 1.165) is 45.0 Å². The molecule has 136 valence electrons. The van der Waals surface area contributed by atoms with E-state index in [1.165, 1.54) is 16.9 Å². The van der Waals surface area contributed by atoms with Gasteiger partial charge in [-0.05, 0) is 59.0 Å². The van der Waals surface area contributed by atoms with Crippen LogP contribution in [0.5, 0.6) is 0 Å². The number of fused-ring (bicyclic) bond motifs is 1. The van der Waals surface area contributed by atoms with Gasteiger partial charge in [-0.2, -0.15) is 0 Å². The van der Waals surface area contributed by atoms with Gasteiger partial charge in [-0.3, -0.25) is 9.69 Å². The number of hydrogen-bond acceptors (Lipinski definition) is 5. The zero-order chi connectivity index (χ0) is 18.1. The number of halogens is 1. The Kier molecular flexibility index (Phi) is 5.40. The van der Waals surface area contributed by atoms with E-state index in [9.17, 15) is 4.79 Å². The van der Waals surface area contributed by atoms with Gasteiger partial charge in [0.15, 0.2) is 5.13 Å². The molecule has 1 saturated heterocycles. The maximum atomic E-state index is 13.2. The lowest BCUT2D eigenvalue weighted by Crippen LogP contribution is -2.37. The van der Waals surface area contributed by atoms with Crippen molar-refractivity contribution in [1.82, 2.24) is 4.98 Å². The summed E-state index contributed by atoms with van der Waals surface area (Å²) in [5.41, 5.74) is 2.22. The number of carbonyl (C=O) groups is 1. The highest BCUT2D eigenvalue weighted by Crippen LogP contribution is 2.34. The molecule has 3 aromatic rings. The number of aromatic nitrogens is 1. The number of carbonyl (C=O) groups excluding carboxylic acids is 1. The molecule has 0 radical (unpaired) electrons. The molecule has 1 amide bonds. The fourth-order valence-corrected chi connectivity index (χ4v) is 5.55. The third-order valence-electron chi connectivity index (χ3n) is 4.54. The highest BCUT2D eigenvalue weighted by molar-refractivity contribution is 9.11. The molecule has 1 fully saturated rings. The number of hydrogen-bond donors (Lipinski definition) is 0. The summed E-state index contributed by atoms with van der Waals surface area (Å²) < 4.78 is 7.87. The van der Waals surface area contributed by atoms with Crippen molar-refractivity contribution in [2.75, 3.05) is 18.1 Å². The van der Waals surface area contributed by atoms with Gasteiger partial charge in [0.1, 0.15) is 0 Å². The predicted octanol–water partition coefficient (Wildman–Crippen LogP) is 5.51. The molecular formula is C19H19BrN2O2S2. The Hall–Kier alpha value is -1.28. The SMILES string of the molecule is CCc1cccc2sc(N(CC3CCCO3)C(=O)c3ccc(Br)s3)nc12. The molecule has 1 aliphatic rings. The quantitative estimate of drug-likeness (QED) is 0.514. The number of aryl methyl sites for hydroxylation is 1. The molecular weight excluding hydrogens is 432 g/mol. The Morgan fingerprint density at radius 2 is 2.23 bits per heavy atom. The Labute approximate surface area is 168 Å². The molecule has 0 saturated carbocycles.